The first-order valence-corrected chi connectivity index (χ1v) is 6.84. The summed E-state index contributed by atoms with van der Waals surface area (Å²) in [6, 6.07) is 4.64. The highest BCUT2D eigenvalue weighted by Crippen LogP contribution is 2.32. The van der Waals surface area contributed by atoms with Crippen LogP contribution < -0.4 is 5.32 Å². The Balaban J connectivity index is 2.35. The van der Waals surface area contributed by atoms with E-state index in [2.05, 4.69) is 20.7 Å². The smallest absolute Gasteiger partial charge is 0.407 e. The SMILES string of the molecule is CNC(=O)OC(c1ccc(Cl)c(Cl)c1)C(C)n1ncnn1. The topological polar surface area (TPSA) is 81.9 Å². The van der Waals surface area contributed by atoms with Gasteiger partial charge < -0.3 is 10.1 Å². The number of carbonyl (C=O) groups excluding carboxylic acids is 1. The van der Waals surface area contributed by atoms with Gasteiger partial charge in [0.1, 0.15) is 6.04 Å². The number of halogens is 2. The van der Waals surface area contributed by atoms with Crippen LogP contribution in [0.15, 0.2) is 24.5 Å². The lowest BCUT2D eigenvalue weighted by Crippen LogP contribution is -2.27. The Kier molecular flexibility index (Phi) is 4.98. The number of nitrogens with zero attached hydrogens (tertiary/aromatic N) is 4. The van der Waals surface area contributed by atoms with Crippen molar-refractivity contribution in [1.82, 2.24) is 25.5 Å². The molecule has 0 radical (unpaired) electrons. The van der Waals surface area contributed by atoms with Crippen LogP contribution in [-0.2, 0) is 4.74 Å². The molecule has 0 bridgehead atoms. The summed E-state index contributed by atoms with van der Waals surface area (Å²) >= 11 is 11.9. The first kappa shape index (κ1) is 15.5. The van der Waals surface area contributed by atoms with Crippen molar-refractivity contribution in [1.29, 1.82) is 0 Å². The number of alkyl carbamates (subject to hydrolysis) is 1. The number of hydrogen-bond acceptors (Lipinski definition) is 5. The van der Waals surface area contributed by atoms with E-state index >= 15 is 0 Å². The standard InChI is InChI=1S/C12H13Cl2N5O2/c1-7(19-17-6-16-18-19)11(21-12(20)15-2)8-3-4-9(13)10(14)5-8/h3-7,11H,1-2H3,(H,15,20). The minimum Gasteiger partial charge on any atom is -0.439 e. The molecule has 0 aliphatic carbocycles. The molecule has 0 aliphatic rings. The van der Waals surface area contributed by atoms with Crippen molar-refractivity contribution in [2.45, 2.75) is 19.1 Å². The van der Waals surface area contributed by atoms with Gasteiger partial charge in [-0.05, 0) is 29.8 Å². The van der Waals surface area contributed by atoms with Crippen molar-refractivity contribution in [2.75, 3.05) is 7.05 Å². The molecule has 2 atom stereocenters. The maximum atomic E-state index is 11.6. The molecule has 0 aliphatic heterocycles. The summed E-state index contributed by atoms with van der Waals surface area (Å²) in [6.07, 6.45) is 0.0920. The molecule has 2 rings (SSSR count). The fourth-order valence-electron chi connectivity index (χ4n) is 1.79. The fourth-order valence-corrected chi connectivity index (χ4v) is 2.10. The number of tetrazole rings is 1. The molecule has 0 spiro atoms. The van der Waals surface area contributed by atoms with E-state index in [1.54, 1.807) is 25.1 Å². The molecule has 1 N–H and O–H groups in total. The van der Waals surface area contributed by atoms with E-state index in [1.807, 2.05) is 0 Å². The maximum Gasteiger partial charge on any atom is 0.407 e. The van der Waals surface area contributed by atoms with Crippen molar-refractivity contribution < 1.29 is 9.53 Å². The average Bonchev–Trinajstić information content (AvgIpc) is 3.01. The van der Waals surface area contributed by atoms with Crippen molar-refractivity contribution in [3.05, 3.63) is 40.1 Å². The van der Waals surface area contributed by atoms with Gasteiger partial charge >= 0.3 is 6.09 Å². The van der Waals surface area contributed by atoms with Gasteiger partial charge in [-0.15, -0.1) is 10.2 Å². The van der Waals surface area contributed by atoms with Crippen LogP contribution in [0.1, 0.15) is 24.6 Å². The van der Waals surface area contributed by atoms with Crippen molar-refractivity contribution in [3.63, 3.8) is 0 Å². The van der Waals surface area contributed by atoms with Crippen LogP contribution in [0, 0.1) is 0 Å². The molecular formula is C12H13Cl2N5O2. The van der Waals surface area contributed by atoms with Crippen LogP contribution in [0.5, 0.6) is 0 Å². The molecule has 2 aromatic rings. The number of ether oxygens (including phenoxy) is 1. The van der Waals surface area contributed by atoms with Gasteiger partial charge in [-0.3, -0.25) is 0 Å². The molecule has 9 heteroatoms. The molecule has 112 valence electrons. The van der Waals surface area contributed by atoms with Gasteiger partial charge in [-0.2, -0.15) is 4.80 Å². The van der Waals surface area contributed by atoms with Gasteiger partial charge in [0.05, 0.1) is 10.0 Å². The molecule has 2 unspecified atom stereocenters. The summed E-state index contributed by atoms with van der Waals surface area (Å²) < 4.78 is 5.39. The third-order valence-electron chi connectivity index (χ3n) is 2.88. The Morgan fingerprint density at radius 1 is 1.38 bits per heavy atom. The molecule has 0 fully saturated rings. The zero-order chi connectivity index (χ0) is 15.4. The summed E-state index contributed by atoms with van der Waals surface area (Å²) in [4.78, 5) is 12.9. The van der Waals surface area contributed by atoms with Gasteiger partial charge in [-0.1, -0.05) is 29.3 Å². The van der Waals surface area contributed by atoms with Gasteiger partial charge in [-0.25, -0.2) is 4.79 Å². The molecule has 21 heavy (non-hydrogen) atoms. The number of hydrogen-bond donors (Lipinski definition) is 1. The van der Waals surface area contributed by atoms with Crippen LogP contribution in [0.3, 0.4) is 0 Å². The first-order valence-electron chi connectivity index (χ1n) is 6.08. The number of aromatic nitrogens is 4. The maximum absolute atomic E-state index is 11.6. The Labute approximate surface area is 131 Å². The molecule has 0 saturated carbocycles. The lowest BCUT2D eigenvalue weighted by molar-refractivity contribution is 0.0622. The molecule has 1 heterocycles. The third kappa shape index (κ3) is 3.62. The van der Waals surface area contributed by atoms with E-state index in [9.17, 15) is 4.79 Å². The Morgan fingerprint density at radius 2 is 2.14 bits per heavy atom. The second kappa shape index (κ2) is 6.73. The highest BCUT2D eigenvalue weighted by Gasteiger charge is 2.26. The molecule has 1 amide bonds. The number of carbonyl (C=O) groups is 1. The van der Waals surface area contributed by atoms with E-state index in [-0.39, 0.29) is 6.04 Å². The summed E-state index contributed by atoms with van der Waals surface area (Å²) in [5.41, 5.74) is 0.679. The summed E-state index contributed by atoms with van der Waals surface area (Å²) in [5, 5.41) is 14.6. The third-order valence-corrected chi connectivity index (χ3v) is 3.62. The minimum atomic E-state index is -0.645. The number of benzene rings is 1. The first-order chi connectivity index (χ1) is 10.0. The average molecular weight is 330 g/mol. The van der Waals surface area contributed by atoms with Crippen molar-refractivity contribution >= 4 is 29.3 Å². The number of nitrogens with one attached hydrogen (secondary N) is 1. The molecule has 7 nitrogen and oxygen atoms in total. The quantitative estimate of drug-likeness (QED) is 0.932. The number of amides is 1. The van der Waals surface area contributed by atoms with Crippen LogP contribution in [0.2, 0.25) is 10.0 Å². The monoisotopic (exact) mass is 329 g/mol. The Morgan fingerprint density at radius 3 is 2.71 bits per heavy atom. The molecule has 1 aromatic carbocycles. The van der Waals surface area contributed by atoms with E-state index in [1.165, 1.54) is 18.2 Å². The van der Waals surface area contributed by atoms with Crippen molar-refractivity contribution in [3.8, 4) is 0 Å². The van der Waals surface area contributed by atoms with Crippen LogP contribution in [0.25, 0.3) is 0 Å². The van der Waals surface area contributed by atoms with Gasteiger partial charge in [0.2, 0.25) is 0 Å². The lowest BCUT2D eigenvalue weighted by Gasteiger charge is -2.23. The second-order valence-corrected chi connectivity index (χ2v) is 5.06. The second-order valence-electron chi connectivity index (χ2n) is 4.25. The zero-order valence-corrected chi connectivity index (χ0v) is 12.8. The van der Waals surface area contributed by atoms with E-state index in [4.69, 9.17) is 27.9 Å². The molecule has 1 aromatic heterocycles. The largest absolute Gasteiger partial charge is 0.439 e. The lowest BCUT2D eigenvalue weighted by atomic mass is 10.0. The van der Waals surface area contributed by atoms with E-state index < -0.39 is 12.2 Å². The normalized spacial score (nSPS) is 13.5. The summed E-state index contributed by atoms with van der Waals surface area (Å²) in [6.45, 7) is 1.80. The highest BCUT2D eigenvalue weighted by atomic mass is 35.5. The summed E-state index contributed by atoms with van der Waals surface area (Å²) in [5.74, 6) is 0. The van der Waals surface area contributed by atoms with Gasteiger partial charge in [0.15, 0.2) is 12.4 Å². The van der Waals surface area contributed by atoms with Crippen LogP contribution in [-0.4, -0.2) is 33.3 Å². The predicted octanol–water partition coefficient (Wildman–Crippen LogP) is 2.64. The van der Waals surface area contributed by atoms with E-state index in [0.717, 1.165) is 0 Å². The highest BCUT2D eigenvalue weighted by molar-refractivity contribution is 6.42. The van der Waals surface area contributed by atoms with Gasteiger partial charge in [0, 0.05) is 7.05 Å². The van der Waals surface area contributed by atoms with Crippen LogP contribution in [0.4, 0.5) is 4.79 Å². The Bertz CT molecular complexity index is 620. The Hall–Kier alpha value is -1.86. The molecular weight excluding hydrogens is 317 g/mol. The molecule has 0 saturated heterocycles. The van der Waals surface area contributed by atoms with E-state index in [0.29, 0.717) is 15.6 Å². The fraction of sp³-hybridized carbons (Fsp3) is 0.333. The summed E-state index contributed by atoms with van der Waals surface area (Å²) in [7, 11) is 1.48. The van der Waals surface area contributed by atoms with Crippen molar-refractivity contribution in [2.24, 2.45) is 0 Å². The number of rotatable bonds is 4. The minimum absolute atomic E-state index is 0.373. The van der Waals surface area contributed by atoms with Gasteiger partial charge in [0.25, 0.3) is 0 Å². The zero-order valence-electron chi connectivity index (χ0n) is 11.3. The van der Waals surface area contributed by atoms with Crippen LogP contribution >= 0.6 is 23.2 Å². The predicted molar refractivity (Wildman–Crippen MR) is 77.3 cm³/mol.